The lowest BCUT2D eigenvalue weighted by atomic mass is 10.0. The Balaban J connectivity index is 0.00000133. The molecule has 0 radical (unpaired) electrons. The molecule has 1 aromatic heterocycles. The van der Waals surface area contributed by atoms with Crippen LogP contribution in [0, 0.1) is 5.82 Å². The summed E-state index contributed by atoms with van der Waals surface area (Å²) >= 11 is 0. The molecule has 0 fully saturated rings. The van der Waals surface area contributed by atoms with Crippen LogP contribution in [0.25, 0.3) is 0 Å². The SMILES string of the molecule is CC1CN(c2ccnc(N)n2)c2ccc(F)cc21.Cl. The van der Waals surface area contributed by atoms with Gasteiger partial charge in [-0.1, -0.05) is 6.92 Å². The Morgan fingerprint density at radius 1 is 1.37 bits per heavy atom. The van der Waals surface area contributed by atoms with Crippen LogP contribution in [0.1, 0.15) is 18.4 Å². The fourth-order valence-electron chi connectivity index (χ4n) is 2.37. The number of hydrogen-bond donors (Lipinski definition) is 1. The number of benzene rings is 1. The molecular formula is C13H14ClFN4. The Morgan fingerprint density at radius 3 is 2.89 bits per heavy atom. The summed E-state index contributed by atoms with van der Waals surface area (Å²) in [7, 11) is 0. The van der Waals surface area contributed by atoms with Gasteiger partial charge in [0.2, 0.25) is 5.95 Å². The van der Waals surface area contributed by atoms with Gasteiger partial charge in [0.25, 0.3) is 0 Å². The quantitative estimate of drug-likeness (QED) is 0.873. The molecule has 2 heterocycles. The molecule has 1 aromatic carbocycles. The van der Waals surface area contributed by atoms with Gasteiger partial charge in [0.15, 0.2) is 0 Å². The fraction of sp³-hybridized carbons (Fsp3) is 0.231. The first kappa shape index (κ1) is 13.5. The summed E-state index contributed by atoms with van der Waals surface area (Å²) in [4.78, 5) is 10.1. The lowest BCUT2D eigenvalue weighted by molar-refractivity contribution is 0.625. The molecule has 6 heteroatoms. The van der Waals surface area contributed by atoms with E-state index in [1.54, 1.807) is 18.3 Å². The molecule has 0 spiro atoms. The molecule has 0 amide bonds. The summed E-state index contributed by atoms with van der Waals surface area (Å²) in [6.07, 6.45) is 1.63. The van der Waals surface area contributed by atoms with Gasteiger partial charge in [-0.15, -0.1) is 12.4 Å². The van der Waals surface area contributed by atoms with Crippen molar-refractivity contribution >= 4 is 29.9 Å². The minimum absolute atomic E-state index is 0. The van der Waals surface area contributed by atoms with Crippen LogP contribution in [0.5, 0.6) is 0 Å². The van der Waals surface area contributed by atoms with E-state index in [1.165, 1.54) is 6.07 Å². The molecule has 0 saturated carbocycles. The van der Waals surface area contributed by atoms with E-state index in [4.69, 9.17) is 5.73 Å². The van der Waals surface area contributed by atoms with Gasteiger partial charge in [0, 0.05) is 24.3 Å². The molecule has 1 atom stereocenters. The number of anilines is 3. The van der Waals surface area contributed by atoms with Crippen molar-refractivity contribution in [2.24, 2.45) is 0 Å². The number of nitrogen functional groups attached to an aromatic ring is 1. The van der Waals surface area contributed by atoms with E-state index in [0.717, 1.165) is 23.6 Å². The number of fused-ring (bicyclic) bond motifs is 1. The maximum absolute atomic E-state index is 13.3. The highest BCUT2D eigenvalue weighted by atomic mass is 35.5. The van der Waals surface area contributed by atoms with E-state index in [2.05, 4.69) is 16.9 Å². The summed E-state index contributed by atoms with van der Waals surface area (Å²) in [5.74, 6) is 1.06. The van der Waals surface area contributed by atoms with Crippen LogP contribution in [-0.2, 0) is 0 Å². The first-order valence-corrected chi connectivity index (χ1v) is 5.80. The van der Waals surface area contributed by atoms with Gasteiger partial charge >= 0.3 is 0 Å². The van der Waals surface area contributed by atoms with Gasteiger partial charge in [0.05, 0.1) is 0 Å². The zero-order chi connectivity index (χ0) is 12.7. The molecule has 0 aliphatic carbocycles. The minimum atomic E-state index is -0.204. The second kappa shape index (κ2) is 5.01. The highest BCUT2D eigenvalue weighted by molar-refractivity contribution is 5.85. The molecule has 2 N–H and O–H groups in total. The van der Waals surface area contributed by atoms with E-state index in [0.29, 0.717) is 0 Å². The van der Waals surface area contributed by atoms with Gasteiger partial charge < -0.3 is 10.6 Å². The normalized spacial score (nSPS) is 16.9. The average Bonchev–Trinajstić information content (AvgIpc) is 2.67. The third-order valence-corrected chi connectivity index (χ3v) is 3.20. The molecule has 1 unspecified atom stereocenters. The van der Waals surface area contributed by atoms with E-state index >= 15 is 0 Å². The molecule has 0 bridgehead atoms. The third kappa shape index (κ3) is 2.33. The number of nitrogens with zero attached hydrogens (tertiary/aromatic N) is 3. The first-order chi connectivity index (χ1) is 8.65. The van der Waals surface area contributed by atoms with Crippen LogP contribution in [0.3, 0.4) is 0 Å². The summed E-state index contributed by atoms with van der Waals surface area (Å²) in [5, 5.41) is 0. The Labute approximate surface area is 116 Å². The Bertz CT molecular complexity index is 605. The lowest BCUT2D eigenvalue weighted by Gasteiger charge is -2.18. The van der Waals surface area contributed by atoms with Crippen molar-refractivity contribution in [3.8, 4) is 0 Å². The average molecular weight is 281 g/mol. The monoisotopic (exact) mass is 280 g/mol. The largest absolute Gasteiger partial charge is 0.368 e. The van der Waals surface area contributed by atoms with Gasteiger partial charge in [-0.3, -0.25) is 0 Å². The standard InChI is InChI=1S/C13H13FN4.ClH/c1-8-7-18(12-4-5-16-13(15)17-12)11-3-2-9(14)6-10(8)11;/h2-6,8H,7H2,1H3,(H2,15,16,17);1H. The maximum atomic E-state index is 13.3. The Kier molecular flexibility index (Phi) is 3.57. The van der Waals surface area contributed by atoms with Crippen molar-refractivity contribution in [3.63, 3.8) is 0 Å². The van der Waals surface area contributed by atoms with Crippen LogP contribution in [0.15, 0.2) is 30.5 Å². The second-order valence-corrected chi connectivity index (χ2v) is 4.49. The summed E-state index contributed by atoms with van der Waals surface area (Å²) in [5.41, 5.74) is 7.59. The van der Waals surface area contributed by atoms with Crippen molar-refractivity contribution < 1.29 is 4.39 Å². The van der Waals surface area contributed by atoms with Gasteiger partial charge in [0.1, 0.15) is 11.6 Å². The van der Waals surface area contributed by atoms with E-state index in [9.17, 15) is 4.39 Å². The highest BCUT2D eigenvalue weighted by Gasteiger charge is 2.27. The van der Waals surface area contributed by atoms with Gasteiger partial charge in [-0.2, -0.15) is 4.98 Å². The predicted molar refractivity (Wildman–Crippen MR) is 75.5 cm³/mol. The highest BCUT2D eigenvalue weighted by Crippen LogP contribution is 2.40. The molecule has 1 aliphatic heterocycles. The molecule has 100 valence electrons. The zero-order valence-corrected chi connectivity index (χ0v) is 11.2. The van der Waals surface area contributed by atoms with Gasteiger partial charge in [-0.05, 0) is 29.8 Å². The van der Waals surface area contributed by atoms with E-state index < -0.39 is 0 Å². The topological polar surface area (TPSA) is 55.0 Å². The summed E-state index contributed by atoms with van der Waals surface area (Å²) < 4.78 is 13.3. The number of hydrogen-bond acceptors (Lipinski definition) is 4. The van der Waals surface area contributed by atoms with Crippen LogP contribution < -0.4 is 10.6 Å². The molecule has 2 aromatic rings. The van der Waals surface area contributed by atoms with Crippen molar-refractivity contribution in [1.29, 1.82) is 0 Å². The molecule has 4 nitrogen and oxygen atoms in total. The third-order valence-electron chi connectivity index (χ3n) is 3.20. The molecular weight excluding hydrogens is 267 g/mol. The lowest BCUT2D eigenvalue weighted by Crippen LogP contribution is -2.16. The van der Waals surface area contributed by atoms with Crippen molar-refractivity contribution in [2.75, 3.05) is 17.2 Å². The molecule has 19 heavy (non-hydrogen) atoms. The van der Waals surface area contributed by atoms with Crippen LogP contribution in [0.2, 0.25) is 0 Å². The Morgan fingerprint density at radius 2 is 2.16 bits per heavy atom. The molecule has 0 saturated heterocycles. The summed E-state index contributed by atoms with van der Waals surface area (Å²) in [6, 6.07) is 6.65. The van der Waals surface area contributed by atoms with Crippen LogP contribution in [-0.4, -0.2) is 16.5 Å². The Hall–Kier alpha value is -1.88. The predicted octanol–water partition coefficient (Wildman–Crippen LogP) is 2.87. The van der Waals surface area contributed by atoms with Crippen molar-refractivity contribution in [2.45, 2.75) is 12.8 Å². The van der Waals surface area contributed by atoms with Gasteiger partial charge in [-0.25, -0.2) is 9.37 Å². The van der Waals surface area contributed by atoms with Crippen molar-refractivity contribution in [3.05, 3.63) is 41.8 Å². The smallest absolute Gasteiger partial charge is 0.221 e. The van der Waals surface area contributed by atoms with Crippen LogP contribution >= 0.6 is 12.4 Å². The molecule has 1 aliphatic rings. The number of rotatable bonds is 1. The minimum Gasteiger partial charge on any atom is -0.368 e. The van der Waals surface area contributed by atoms with Crippen LogP contribution in [0.4, 0.5) is 21.8 Å². The first-order valence-electron chi connectivity index (χ1n) is 5.80. The second-order valence-electron chi connectivity index (χ2n) is 4.49. The number of aromatic nitrogens is 2. The fourth-order valence-corrected chi connectivity index (χ4v) is 2.37. The van der Waals surface area contributed by atoms with E-state index in [1.807, 2.05) is 11.0 Å². The summed E-state index contributed by atoms with van der Waals surface area (Å²) in [6.45, 7) is 2.85. The van der Waals surface area contributed by atoms with E-state index in [-0.39, 0.29) is 30.1 Å². The number of nitrogens with two attached hydrogens (primary N) is 1. The molecule has 3 rings (SSSR count). The van der Waals surface area contributed by atoms with Crippen molar-refractivity contribution in [1.82, 2.24) is 9.97 Å². The maximum Gasteiger partial charge on any atom is 0.221 e. The number of halogens is 2. The zero-order valence-electron chi connectivity index (χ0n) is 10.4.